The Bertz CT molecular complexity index is 1830. The van der Waals surface area contributed by atoms with Crippen LogP contribution in [0.25, 0.3) is 0 Å². The molecule has 1 fully saturated rings. The van der Waals surface area contributed by atoms with Crippen molar-refractivity contribution in [1.29, 1.82) is 0 Å². The SMILES string of the molecule is CCCN1CCC(C)C(C)c2cc(C(=O)N[C@@H](Cc3cc(F)cc(F)c3)[C@H](O)[C@H]3CN(S(=O)(=O)c4ccc(Cl)c(Cl)c4)CCN3)cc(c2)C1=O. The van der Waals surface area contributed by atoms with Crippen molar-refractivity contribution in [2.75, 3.05) is 32.7 Å². The summed E-state index contributed by atoms with van der Waals surface area (Å²) in [5.74, 6) is -2.15. The largest absolute Gasteiger partial charge is 0.389 e. The zero-order valence-corrected chi connectivity index (χ0v) is 30.5. The number of fused-ring (bicyclic) bond motifs is 2. The second-order valence-electron chi connectivity index (χ2n) is 13.2. The summed E-state index contributed by atoms with van der Waals surface area (Å²) in [5, 5.41) is 18.0. The third kappa shape index (κ3) is 8.66. The Hall–Kier alpha value is -3.13. The number of benzene rings is 3. The molecule has 9 nitrogen and oxygen atoms in total. The van der Waals surface area contributed by atoms with Gasteiger partial charge >= 0.3 is 0 Å². The van der Waals surface area contributed by atoms with E-state index in [1.807, 2.05) is 13.0 Å². The van der Waals surface area contributed by atoms with E-state index in [1.165, 1.54) is 28.6 Å². The number of aliphatic hydroxyl groups is 1. The first-order valence-corrected chi connectivity index (χ1v) is 18.9. The third-order valence-electron chi connectivity index (χ3n) is 9.69. The summed E-state index contributed by atoms with van der Waals surface area (Å²) in [6.45, 7) is 7.44. The number of carbonyl (C=O) groups excluding carboxylic acids is 2. The fourth-order valence-electron chi connectivity index (χ4n) is 6.63. The maximum absolute atomic E-state index is 14.3. The van der Waals surface area contributed by atoms with E-state index in [2.05, 4.69) is 24.5 Å². The Morgan fingerprint density at radius 3 is 2.44 bits per heavy atom. The van der Waals surface area contributed by atoms with Crippen LogP contribution in [0.3, 0.4) is 0 Å². The molecule has 3 aromatic carbocycles. The highest BCUT2D eigenvalue weighted by molar-refractivity contribution is 7.89. The van der Waals surface area contributed by atoms with Gasteiger partial charge in [0.1, 0.15) is 11.6 Å². The minimum atomic E-state index is -4.05. The van der Waals surface area contributed by atoms with Crippen molar-refractivity contribution in [1.82, 2.24) is 19.8 Å². The van der Waals surface area contributed by atoms with Crippen LogP contribution in [0.2, 0.25) is 10.0 Å². The summed E-state index contributed by atoms with van der Waals surface area (Å²) in [6, 6.07) is 10.0. The molecule has 5 atom stereocenters. The molecule has 14 heteroatoms. The lowest BCUT2D eigenvalue weighted by Crippen LogP contribution is -2.62. The highest BCUT2D eigenvalue weighted by atomic mass is 35.5. The monoisotopic (exact) mass is 750 g/mol. The summed E-state index contributed by atoms with van der Waals surface area (Å²) < 4.78 is 56.8. The van der Waals surface area contributed by atoms with Gasteiger partial charge in [0.05, 0.1) is 27.1 Å². The predicted octanol–water partition coefficient (Wildman–Crippen LogP) is 5.63. The second kappa shape index (κ2) is 16.0. The molecule has 2 bridgehead atoms. The number of sulfonamides is 1. The van der Waals surface area contributed by atoms with Gasteiger partial charge in [0.2, 0.25) is 10.0 Å². The maximum Gasteiger partial charge on any atom is 0.253 e. The van der Waals surface area contributed by atoms with E-state index in [1.54, 1.807) is 11.0 Å². The lowest BCUT2D eigenvalue weighted by Gasteiger charge is -2.38. The summed E-state index contributed by atoms with van der Waals surface area (Å²) in [5.41, 5.74) is 1.58. The fourth-order valence-corrected chi connectivity index (χ4v) is 8.49. The topological polar surface area (TPSA) is 119 Å². The first kappa shape index (κ1) is 38.1. The van der Waals surface area contributed by atoms with Crippen LogP contribution in [-0.4, -0.2) is 85.5 Å². The summed E-state index contributed by atoms with van der Waals surface area (Å²) in [7, 11) is -4.05. The van der Waals surface area contributed by atoms with Gasteiger partial charge in [-0.2, -0.15) is 4.31 Å². The van der Waals surface area contributed by atoms with Gasteiger partial charge < -0.3 is 20.6 Å². The number of nitrogens with zero attached hydrogens (tertiary/aromatic N) is 2. The summed E-state index contributed by atoms with van der Waals surface area (Å²) in [6.07, 6.45) is -0.00729. The molecule has 1 saturated heterocycles. The number of carbonyl (C=O) groups is 2. The zero-order valence-electron chi connectivity index (χ0n) is 28.1. The average molecular weight is 752 g/mol. The first-order chi connectivity index (χ1) is 23.7. The van der Waals surface area contributed by atoms with Gasteiger partial charge in [0.15, 0.2) is 0 Å². The quantitative estimate of drug-likeness (QED) is 0.247. The molecule has 2 amide bonds. The molecule has 270 valence electrons. The third-order valence-corrected chi connectivity index (χ3v) is 12.3. The van der Waals surface area contributed by atoms with Crippen molar-refractivity contribution in [3.8, 4) is 0 Å². The van der Waals surface area contributed by atoms with Crippen molar-refractivity contribution in [3.63, 3.8) is 0 Å². The zero-order chi connectivity index (χ0) is 36.3. The maximum atomic E-state index is 14.3. The van der Waals surface area contributed by atoms with E-state index in [4.69, 9.17) is 23.2 Å². The standard InChI is InChI=1S/C36H42Cl2F2N4O5S/c1-4-9-43-10-7-21(2)22(3)24-15-25(17-26(16-24)36(43)47)35(46)42-32(14-23-12-27(39)18-28(40)13-23)34(45)33-20-44(11-8-41-33)50(48,49)29-5-6-30(37)31(38)19-29/h5-6,12-13,15-19,21-22,32-34,41,45H,4,7-11,14,20H2,1-3H3,(H,42,46)/t21?,22?,32-,33+,34-/m0/s1. The summed E-state index contributed by atoms with van der Waals surface area (Å²) in [4.78, 5) is 29.3. The first-order valence-electron chi connectivity index (χ1n) is 16.7. The van der Waals surface area contributed by atoms with Gasteiger partial charge in [0, 0.05) is 56.0 Å². The van der Waals surface area contributed by atoms with Crippen molar-refractivity contribution in [2.45, 2.75) is 69.0 Å². The van der Waals surface area contributed by atoms with Gasteiger partial charge in [-0.3, -0.25) is 9.59 Å². The van der Waals surface area contributed by atoms with Crippen LogP contribution in [-0.2, 0) is 16.4 Å². The van der Waals surface area contributed by atoms with Gasteiger partial charge in [-0.1, -0.05) is 44.0 Å². The molecule has 2 unspecified atom stereocenters. The van der Waals surface area contributed by atoms with E-state index in [0.29, 0.717) is 18.7 Å². The number of nitrogens with one attached hydrogen (secondary N) is 2. The molecular weight excluding hydrogens is 709 g/mol. The van der Waals surface area contributed by atoms with Gasteiger partial charge in [-0.25, -0.2) is 17.2 Å². The molecular formula is C36H42Cl2F2N4O5S. The Balaban J connectivity index is 1.45. The number of aliphatic hydroxyl groups excluding tert-OH is 1. The molecule has 50 heavy (non-hydrogen) atoms. The minimum absolute atomic E-state index is 0.0439. The van der Waals surface area contributed by atoms with Gasteiger partial charge in [-0.15, -0.1) is 0 Å². The van der Waals surface area contributed by atoms with Gasteiger partial charge in [0.25, 0.3) is 11.8 Å². The molecule has 0 aromatic heterocycles. The minimum Gasteiger partial charge on any atom is -0.389 e. The Morgan fingerprint density at radius 2 is 1.76 bits per heavy atom. The number of rotatable bonds is 10. The van der Waals surface area contributed by atoms with Crippen LogP contribution in [0.15, 0.2) is 59.5 Å². The highest BCUT2D eigenvalue weighted by Crippen LogP contribution is 2.31. The number of amides is 2. The van der Waals surface area contributed by atoms with Crippen molar-refractivity contribution in [2.24, 2.45) is 5.92 Å². The lowest BCUT2D eigenvalue weighted by atomic mass is 9.85. The molecule has 0 spiro atoms. The Morgan fingerprint density at radius 1 is 1.04 bits per heavy atom. The lowest BCUT2D eigenvalue weighted by molar-refractivity contribution is 0.0600. The van der Waals surface area contributed by atoms with Gasteiger partial charge in [-0.05, 0) is 90.8 Å². The van der Waals surface area contributed by atoms with Crippen LogP contribution in [0.1, 0.15) is 71.4 Å². The molecule has 0 saturated carbocycles. The van der Waals surface area contributed by atoms with E-state index in [-0.39, 0.29) is 69.9 Å². The molecule has 3 aromatic rings. The van der Waals surface area contributed by atoms with E-state index in [9.17, 15) is 31.9 Å². The van der Waals surface area contributed by atoms with Crippen LogP contribution >= 0.6 is 23.2 Å². The number of hydrogen-bond donors (Lipinski definition) is 3. The van der Waals surface area contributed by atoms with E-state index >= 15 is 0 Å². The van der Waals surface area contributed by atoms with Crippen molar-refractivity contribution in [3.05, 3.63) is 98.5 Å². The average Bonchev–Trinajstić information content (AvgIpc) is 3.11. The van der Waals surface area contributed by atoms with Crippen molar-refractivity contribution >= 4 is 45.0 Å². The van der Waals surface area contributed by atoms with Crippen LogP contribution in [0, 0.1) is 17.6 Å². The molecule has 0 aliphatic carbocycles. The molecule has 3 N–H and O–H groups in total. The summed E-state index contributed by atoms with van der Waals surface area (Å²) >= 11 is 12.1. The smallest absolute Gasteiger partial charge is 0.253 e. The van der Waals surface area contributed by atoms with Crippen LogP contribution < -0.4 is 10.6 Å². The number of piperazine rings is 1. The second-order valence-corrected chi connectivity index (χ2v) is 16.0. The number of halogens is 4. The van der Waals surface area contributed by atoms with Crippen LogP contribution in [0.5, 0.6) is 0 Å². The number of hydrogen-bond acceptors (Lipinski definition) is 6. The molecule has 2 aliphatic rings. The molecule has 2 heterocycles. The van der Waals surface area contributed by atoms with E-state index in [0.717, 1.165) is 36.6 Å². The highest BCUT2D eigenvalue weighted by Gasteiger charge is 2.37. The normalized spacial score (nSPS) is 21.6. The van der Waals surface area contributed by atoms with E-state index < -0.39 is 45.8 Å². The van der Waals surface area contributed by atoms with Crippen molar-refractivity contribution < 1.29 is 31.9 Å². The molecule has 0 radical (unpaired) electrons. The fraction of sp³-hybridized carbons (Fsp3) is 0.444. The predicted molar refractivity (Wildman–Crippen MR) is 189 cm³/mol. The molecule has 5 rings (SSSR count). The Kier molecular flexibility index (Phi) is 12.2. The Labute approximate surface area is 302 Å². The van der Waals surface area contributed by atoms with Crippen LogP contribution in [0.4, 0.5) is 8.78 Å². The molecule has 2 aliphatic heterocycles.